The van der Waals surface area contributed by atoms with Gasteiger partial charge in [0.05, 0.1) is 35.0 Å². The van der Waals surface area contributed by atoms with Gasteiger partial charge in [0, 0.05) is 19.6 Å². The topological polar surface area (TPSA) is 59.3 Å². The number of nitrogens with zero attached hydrogens (tertiary/aromatic N) is 2. The summed E-state index contributed by atoms with van der Waals surface area (Å²) in [6.07, 6.45) is 3.09. The molecule has 1 unspecified atom stereocenters. The van der Waals surface area contributed by atoms with Crippen molar-refractivity contribution in [3.63, 3.8) is 0 Å². The molecule has 1 fully saturated rings. The van der Waals surface area contributed by atoms with E-state index in [9.17, 15) is 5.11 Å². The maximum Gasteiger partial charge on any atom is 0.0992 e. The predicted octanol–water partition coefficient (Wildman–Crippen LogP) is 2.56. The van der Waals surface area contributed by atoms with Crippen LogP contribution in [0.3, 0.4) is 0 Å². The van der Waals surface area contributed by atoms with Crippen molar-refractivity contribution in [2.75, 3.05) is 35.7 Å². The Morgan fingerprint density at radius 2 is 2.10 bits per heavy atom. The molecule has 0 spiro atoms. The molecule has 0 aliphatic carbocycles. The Kier molecular flexibility index (Phi) is 5.51. The van der Waals surface area contributed by atoms with E-state index in [2.05, 4.69) is 16.3 Å². The highest BCUT2D eigenvalue weighted by molar-refractivity contribution is 6.18. The summed E-state index contributed by atoms with van der Waals surface area (Å²) in [5, 5.41) is 21.8. The van der Waals surface area contributed by atoms with Crippen LogP contribution in [-0.2, 0) is 0 Å². The molecule has 4 nitrogen and oxygen atoms in total. The molecule has 1 heterocycles. The zero-order valence-corrected chi connectivity index (χ0v) is 12.2. The van der Waals surface area contributed by atoms with Crippen LogP contribution in [-0.4, -0.2) is 36.7 Å². The van der Waals surface area contributed by atoms with Crippen molar-refractivity contribution in [3.05, 3.63) is 23.8 Å². The average molecular weight is 294 g/mol. The number of halogens is 1. The summed E-state index contributed by atoms with van der Waals surface area (Å²) in [7, 11) is 0. The second-order valence-corrected chi connectivity index (χ2v) is 5.39. The molecule has 1 aromatic carbocycles. The van der Waals surface area contributed by atoms with Gasteiger partial charge in [-0.25, -0.2) is 0 Å². The molecule has 5 heteroatoms. The lowest BCUT2D eigenvalue weighted by atomic mass is 10.1. The SMILES string of the molecule is N#Cc1ccc(N2CCCCC2)c(NCC(O)CCl)c1. The first-order chi connectivity index (χ1) is 9.74. The molecule has 1 aromatic rings. The Morgan fingerprint density at radius 3 is 2.75 bits per heavy atom. The van der Waals surface area contributed by atoms with E-state index in [1.807, 2.05) is 18.2 Å². The number of benzene rings is 1. The molecule has 108 valence electrons. The van der Waals surface area contributed by atoms with Gasteiger partial charge in [-0.05, 0) is 37.5 Å². The van der Waals surface area contributed by atoms with Crippen molar-refractivity contribution in [3.8, 4) is 6.07 Å². The van der Waals surface area contributed by atoms with Gasteiger partial charge in [-0.1, -0.05) is 0 Å². The molecule has 0 saturated carbocycles. The number of rotatable bonds is 5. The zero-order valence-electron chi connectivity index (χ0n) is 11.5. The van der Waals surface area contributed by atoms with Gasteiger partial charge in [-0.2, -0.15) is 5.26 Å². The molecule has 1 aliphatic rings. The Labute approximate surface area is 125 Å². The molecule has 20 heavy (non-hydrogen) atoms. The summed E-state index contributed by atoms with van der Waals surface area (Å²) in [4.78, 5) is 2.33. The fraction of sp³-hybridized carbons (Fsp3) is 0.533. The van der Waals surface area contributed by atoms with Crippen molar-refractivity contribution in [2.24, 2.45) is 0 Å². The van der Waals surface area contributed by atoms with Crippen molar-refractivity contribution >= 4 is 23.0 Å². The van der Waals surface area contributed by atoms with Crippen LogP contribution in [0.2, 0.25) is 0 Å². The minimum atomic E-state index is -0.586. The number of anilines is 2. The van der Waals surface area contributed by atoms with Crippen LogP contribution < -0.4 is 10.2 Å². The number of aliphatic hydroxyl groups excluding tert-OH is 1. The molecule has 1 atom stereocenters. The van der Waals surface area contributed by atoms with Crippen LogP contribution in [0.25, 0.3) is 0 Å². The maximum absolute atomic E-state index is 9.57. The van der Waals surface area contributed by atoms with Crippen LogP contribution in [0.4, 0.5) is 11.4 Å². The van der Waals surface area contributed by atoms with Crippen molar-refractivity contribution in [2.45, 2.75) is 25.4 Å². The van der Waals surface area contributed by atoms with E-state index in [1.165, 1.54) is 19.3 Å². The highest BCUT2D eigenvalue weighted by Gasteiger charge is 2.15. The Morgan fingerprint density at radius 1 is 1.35 bits per heavy atom. The quantitative estimate of drug-likeness (QED) is 0.819. The third-order valence-electron chi connectivity index (χ3n) is 3.53. The van der Waals surface area contributed by atoms with Crippen molar-refractivity contribution in [1.82, 2.24) is 0 Å². The first kappa shape index (κ1) is 15.0. The van der Waals surface area contributed by atoms with Gasteiger partial charge in [0.2, 0.25) is 0 Å². The van der Waals surface area contributed by atoms with Crippen LogP contribution in [0.5, 0.6) is 0 Å². The van der Waals surface area contributed by atoms with Crippen molar-refractivity contribution < 1.29 is 5.11 Å². The van der Waals surface area contributed by atoms with E-state index >= 15 is 0 Å². The molecule has 2 N–H and O–H groups in total. The largest absolute Gasteiger partial charge is 0.390 e. The number of hydrogen-bond donors (Lipinski definition) is 2. The van der Waals surface area contributed by atoms with Gasteiger partial charge in [-0.15, -0.1) is 11.6 Å². The molecule has 0 radical (unpaired) electrons. The first-order valence-electron chi connectivity index (χ1n) is 7.01. The standard InChI is InChI=1S/C15H20ClN3O/c16-9-13(20)11-18-14-8-12(10-17)4-5-15(14)19-6-2-1-3-7-19/h4-5,8,13,18,20H,1-3,6-7,9,11H2. The van der Waals surface area contributed by atoms with Gasteiger partial charge in [0.25, 0.3) is 0 Å². The van der Waals surface area contributed by atoms with E-state index in [-0.39, 0.29) is 5.88 Å². The third-order valence-corrected chi connectivity index (χ3v) is 3.88. The number of nitriles is 1. The predicted molar refractivity (Wildman–Crippen MR) is 82.4 cm³/mol. The fourth-order valence-electron chi connectivity index (χ4n) is 2.44. The van der Waals surface area contributed by atoms with E-state index in [4.69, 9.17) is 16.9 Å². The zero-order chi connectivity index (χ0) is 14.4. The second kappa shape index (κ2) is 7.37. The first-order valence-corrected chi connectivity index (χ1v) is 7.55. The maximum atomic E-state index is 9.57. The summed E-state index contributed by atoms with van der Waals surface area (Å²) < 4.78 is 0. The summed E-state index contributed by atoms with van der Waals surface area (Å²) in [6, 6.07) is 7.82. The van der Waals surface area contributed by atoms with Gasteiger partial charge >= 0.3 is 0 Å². The van der Waals surface area contributed by atoms with E-state index in [0.29, 0.717) is 12.1 Å². The number of piperidine rings is 1. The molecule has 0 amide bonds. The molecule has 0 aromatic heterocycles. The summed E-state index contributed by atoms with van der Waals surface area (Å²) in [6.45, 7) is 2.47. The van der Waals surface area contributed by atoms with Gasteiger partial charge < -0.3 is 15.3 Å². The molecule has 1 aliphatic heterocycles. The van der Waals surface area contributed by atoms with Gasteiger partial charge in [-0.3, -0.25) is 0 Å². The minimum absolute atomic E-state index is 0.198. The Balaban J connectivity index is 2.18. The van der Waals surface area contributed by atoms with Crippen LogP contribution >= 0.6 is 11.6 Å². The number of nitrogens with one attached hydrogen (secondary N) is 1. The molecule has 0 bridgehead atoms. The summed E-state index contributed by atoms with van der Waals surface area (Å²) >= 11 is 5.61. The lowest BCUT2D eigenvalue weighted by Crippen LogP contribution is -2.30. The second-order valence-electron chi connectivity index (χ2n) is 5.08. The number of aliphatic hydroxyl groups is 1. The monoisotopic (exact) mass is 293 g/mol. The van der Waals surface area contributed by atoms with Crippen LogP contribution in [0.15, 0.2) is 18.2 Å². The fourth-order valence-corrected chi connectivity index (χ4v) is 2.55. The Bertz CT molecular complexity index is 480. The highest BCUT2D eigenvalue weighted by Crippen LogP contribution is 2.29. The van der Waals surface area contributed by atoms with Gasteiger partial charge in [0.15, 0.2) is 0 Å². The lowest BCUT2D eigenvalue weighted by Gasteiger charge is -2.31. The van der Waals surface area contributed by atoms with Gasteiger partial charge in [0.1, 0.15) is 0 Å². The molecule has 1 saturated heterocycles. The van der Waals surface area contributed by atoms with E-state index in [1.54, 1.807) is 0 Å². The lowest BCUT2D eigenvalue weighted by molar-refractivity contribution is 0.211. The molecule has 2 rings (SSSR count). The van der Waals surface area contributed by atoms with Crippen LogP contribution in [0.1, 0.15) is 24.8 Å². The minimum Gasteiger partial charge on any atom is -0.390 e. The summed E-state index contributed by atoms with van der Waals surface area (Å²) in [5.41, 5.74) is 2.62. The normalized spacial score (nSPS) is 16.6. The number of hydrogen-bond acceptors (Lipinski definition) is 4. The van der Waals surface area contributed by atoms with Crippen molar-refractivity contribution in [1.29, 1.82) is 5.26 Å². The smallest absolute Gasteiger partial charge is 0.0992 e. The van der Waals surface area contributed by atoms with E-state index in [0.717, 1.165) is 24.5 Å². The number of alkyl halides is 1. The molecular weight excluding hydrogens is 274 g/mol. The van der Waals surface area contributed by atoms with Crippen LogP contribution in [0, 0.1) is 11.3 Å². The van der Waals surface area contributed by atoms with E-state index < -0.39 is 6.10 Å². The molecular formula is C15H20ClN3O. The Hall–Kier alpha value is -1.44. The summed E-state index contributed by atoms with van der Waals surface area (Å²) in [5.74, 6) is 0.198. The third kappa shape index (κ3) is 3.78. The average Bonchev–Trinajstić information content (AvgIpc) is 2.53. The highest BCUT2D eigenvalue weighted by atomic mass is 35.5.